The van der Waals surface area contributed by atoms with Gasteiger partial charge in [-0.3, -0.25) is 0 Å². The van der Waals surface area contributed by atoms with Crippen molar-refractivity contribution in [1.82, 2.24) is 0 Å². The first-order valence-electron chi connectivity index (χ1n) is 11.7. The summed E-state index contributed by atoms with van der Waals surface area (Å²) >= 11 is 0. The highest BCUT2D eigenvalue weighted by atomic mass is 16.5. The Balaban J connectivity index is 1.94. The number of ether oxygens (including phenoxy) is 2. The minimum Gasteiger partial charge on any atom is -0.494 e. The minimum atomic E-state index is 0.628. The summed E-state index contributed by atoms with van der Waals surface area (Å²) in [6, 6.07) is 16.1. The van der Waals surface area contributed by atoms with Gasteiger partial charge in [0, 0.05) is 5.56 Å². The molecule has 0 bridgehead atoms. The lowest BCUT2D eigenvalue weighted by Gasteiger charge is -2.13. The third kappa shape index (κ3) is 8.49. The van der Waals surface area contributed by atoms with Crippen LogP contribution in [0.4, 0.5) is 0 Å². The molecule has 0 saturated carbocycles. The molecule has 0 saturated heterocycles. The number of rotatable bonds is 15. The van der Waals surface area contributed by atoms with E-state index in [2.05, 4.69) is 32.0 Å². The molecule has 0 atom stereocenters. The molecule has 2 aromatic carbocycles. The standard InChI is InChI=1S/C27H37NO2/c1-3-5-7-9-11-19-29-25-16-14-24(15-17-25)26-18-13-23(22-28)21-27(26)30-20-12-10-8-6-4-2/h13-18,21H,3-12,19-20H2,1-2H3. The van der Waals surface area contributed by atoms with Gasteiger partial charge in [-0.2, -0.15) is 5.26 Å². The topological polar surface area (TPSA) is 42.2 Å². The van der Waals surface area contributed by atoms with Crippen LogP contribution in [-0.4, -0.2) is 13.2 Å². The quantitative estimate of drug-likeness (QED) is 0.282. The summed E-state index contributed by atoms with van der Waals surface area (Å²) < 4.78 is 12.0. The molecule has 0 radical (unpaired) electrons. The van der Waals surface area contributed by atoms with Crippen molar-refractivity contribution in [3.63, 3.8) is 0 Å². The molecule has 0 unspecified atom stereocenters. The molecule has 0 aromatic heterocycles. The maximum absolute atomic E-state index is 9.26. The Morgan fingerprint density at radius 1 is 0.700 bits per heavy atom. The van der Waals surface area contributed by atoms with Crippen LogP contribution >= 0.6 is 0 Å². The van der Waals surface area contributed by atoms with Gasteiger partial charge in [0.15, 0.2) is 0 Å². The van der Waals surface area contributed by atoms with Crippen molar-refractivity contribution in [2.24, 2.45) is 0 Å². The van der Waals surface area contributed by atoms with Crippen molar-refractivity contribution < 1.29 is 9.47 Å². The van der Waals surface area contributed by atoms with E-state index < -0.39 is 0 Å². The van der Waals surface area contributed by atoms with E-state index in [9.17, 15) is 5.26 Å². The van der Waals surface area contributed by atoms with E-state index in [4.69, 9.17) is 9.47 Å². The van der Waals surface area contributed by atoms with Gasteiger partial charge in [-0.1, -0.05) is 77.3 Å². The van der Waals surface area contributed by atoms with Gasteiger partial charge in [0.2, 0.25) is 0 Å². The summed E-state index contributed by atoms with van der Waals surface area (Å²) in [6.45, 7) is 5.91. The van der Waals surface area contributed by atoms with E-state index in [0.717, 1.165) is 42.1 Å². The summed E-state index contributed by atoms with van der Waals surface area (Å²) in [5.41, 5.74) is 2.73. The molecule has 162 valence electrons. The molecular formula is C27H37NO2. The Labute approximate surface area is 183 Å². The lowest BCUT2D eigenvalue weighted by Crippen LogP contribution is -2.00. The fourth-order valence-electron chi connectivity index (χ4n) is 3.46. The van der Waals surface area contributed by atoms with Crippen molar-refractivity contribution in [3.05, 3.63) is 48.0 Å². The van der Waals surface area contributed by atoms with Crippen LogP contribution in [0.5, 0.6) is 11.5 Å². The average Bonchev–Trinajstić information content (AvgIpc) is 2.79. The van der Waals surface area contributed by atoms with E-state index in [-0.39, 0.29) is 0 Å². The lowest BCUT2D eigenvalue weighted by molar-refractivity contribution is 0.304. The third-order valence-corrected chi connectivity index (χ3v) is 5.30. The van der Waals surface area contributed by atoms with E-state index in [0.29, 0.717) is 12.2 Å². The zero-order valence-electron chi connectivity index (χ0n) is 18.8. The summed E-state index contributed by atoms with van der Waals surface area (Å²) in [7, 11) is 0. The van der Waals surface area contributed by atoms with Crippen molar-refractivity contribution in [2.75, 3.05) is 13.2 Å². The van der Waals surface area contributed by atoms with Gasteiger partial charge in [-0.05, 0) is 48.7 Å². The predicted molar refractivity (Wildman–Crippen MR) is 125 cm³/mol. The van der Waals surface area contributed by atoms with E-state index in [1.54, 1.807) is 0 Å². The molecule has 0 fully saturated rings. The number of hydrogen-bond acceptors (Lipinski definition) is 3. The van der Waals surface area contributed by atoms with Crippen molar-refractivity contribution in [2.45, 2.75) is 78.1 Å². The van der Waals surface area contributed by atoms with Crippen molar-refractivity contribution in [3.8, 4) is 28.7 Å². The molecule has 30 heavy (non-hydrogen) atoms. The molecule has 3 nitrogen and oxygen atoms in total. The normalized spacial score (nSPS) is 10.6. The summed E-state index contributed by atoms with van der Waals surface area (Å²) in [4.78, 5) is 0. The summed E-state index contributed by atoms with van der Waals surface area (Å²) in [6.07, 6.45) is 12.2. The second kappa shape index (κ2) is 14.5. The van der Waals surface area contributed by atoms with Crippen LogP contribution in [0.15, 0.2) is 42.5 Å². The highest BCUT2D eigenvalue weighted by Crippen LogP contribution is 2.32. The van der Waals surface area contributed by atoms with Gasteiger partial charge < -0.3 is 9.47 Å². The molecule has 2 rings (SSSR count). The van der Waals surface area contributed by atoms with Gasteiger partial charge in [-0.25, -0.2) is 0 Å². The summed E-state index contributed by atoms with van der Waals surface area (Å²) in [5, 5.41) is 9.26. The zero-order chi connectivity index (χ0) is 21.4. The number of benzene rings is 2. The first kappa shape index (κ1) is 23.8. The smallest absolute Gasteiger partial charge is 0.128 e. The second-order valence-electron chi connectivity index (χ2n) is 7.87. The highest BCUT2D eigenvalue weighted by Gasteiger charge is 2.09. The monoisotopic (exact) mass is 407 g/mol. The largest absolute Gasteiger partial charge is 0.494 e. The van der Waals surface area contributed by atoms with Gasteiger partial charge in [0.05, 0.1) is 24.8 Å². The molecule has 2 aromatic rings. The zero-order valence-corrected chi connectivity index (χ0v) is 18.8. The Morgan fingerprint density at radius 3 is 1.90 bits per heavy atom. The van der Waals surface area contributed by atoms with E-state index >= 15 is 0 Å². The molecule has 0 spiro atoms. The first-order valence-corrected chi connectivity index (χ1v) is 11.7. The van der Waals surface area contributed by atoms with Gasteiger partial charge in [0.25, 0.3) is 0 Å². The molecular weight excluding hydrogens is 370 g/mol. The van der Waals surface area contributed by atoms with Crippen LogP contribution in [0, 0.1) is 11.3 Å². The Morgan fingerprint density at radius 2 is 1.30 bits per heavy atom. The van der Waals surface area contributed by atoms with Crippen LogP contribution in [0.25, 0.3) is 11.1 Å². The van der Waals surface area contributed by atoms with E-state index in [1.165, 1.54) is 51.4 Å². The summed E-state index contributed by atoms with van der Waals surface area (Å²) in [5.74, 6) is 1.69. The molecule has 0 amide bonds. The SMILES string of the molecule is CCCCCCCOc1ccc(-c2ccc(C#N)cc2OCCCCCCC)cc1. The Bertz CT molecular complexity index is 761. The molecule has 3 heteroatoms. The predicted octanol–water partition coefficient (Wildman–Crippen LogP) is 7.92. The fourth-order valence-corrected chi connectivity index (χ4v) is 3.46. The lowest BCUT2D eigenvalue weighted by atomic mass is 10.0. The molecule has 0 heterocycles. The van der Waals surface area contributed by atoms with Gasteiger partial charge in [-0.15, -0.1) is 0 Å². The van der Waals surface area contributed by atoms with Crippen LogP contribution in [-0.2, 0) is 0 Å². The van der Waals surface area contributed by atoms with Crippen LogP contribution < -0.4 is 9.47 Å². The van der Waals surface area contributed by atoms with Gasteiger partial charge >= 0.3 is 0 Å². The Kier molecular flexibility index (Phi) is 11.5. The third-order valence-electron chi connectivity index (χ3n) is 5.30. The highest BCUT2D eigenvalue weighted by molar-refractivity contribution is 5.72. The maximum Gasteiger partial charge on any atom is 0.128 e. The number of nitriles is 1. The molecule has 0 aliphatic rings. The van der Waals surface area contributed by atoms with Gasteiger partial charge in [0.1, 0.15) is 11.5 Å². The first-order chi connectivity index (χ1) is 14.8. The number of hydrogen-bond donors (Lipinski definition) is 0. The van der Waals surface area contributed by atoms with Crippen molar-refractivity contribution in [1.29, 1.82) is 5.26 Å². The van der Waals surface area contributed by atoms with Crippen LogP contribution in [0.2, 0.25) is 0 Å². The maximum atomic E-state index is 9.26. The molecule has 0 N–H and O–H groups in total. The average molecular weight is 408 g/mol. The molecule has 0 aliphatic heterocycles. The second-order valence-corrected chi connectivity index (χ2v) is 7.87. The Hall–Kier alpha value is -2.47. The number of unbranched alkanes of at least 4 members (excludes halogenated alkanes) is 8. The van der Waals surface area contributed by atoms with Crippen LogP contribution in [0.1, 0.15) is 83.6 Å². The fraction of sp³-hybridized carbons (Fsp3) is 0.519. The van der Waals surface area contributed by atoms with Crippen LogP contribution in [0.3, 0.4) is 0 Å². The number of nitrogens with zero attached hydrogens (tertiary/aromatic N) is 1. The van der Waals surface area contributed by atoms with E-state index in [1.807, 2.05) is 30.3 Å². The minimum absolute atomic E-state index is 0.628. The van der Waals surface area contributed by atoms with Crippen molar-refractivity contribution >= 4 is 0 Å². The molecule has 0 aliphatic carbocycles.